The molecule has 0 atom stereocenters. The van der Waals surface area contributed by atoms with Crippen molar-refractivity contribution in [3.05, 3.63) is 57.2 Å². The molecule has 1 aromatic carbocycles. The summed E-state index contributed by atoms with van der Waals surface area (Å²) in [6, 6.07) is 12.4. The fourth-order valence-corrected chi connectivity index (χ4v) is 4.47. The van der Waals surface area contributed by atoms with E-state index in [9.17, 15) is 0 Å². The van der Waals surface area contributed by atoms with Crippen LogP contribution in [0.1, 0.15) is 23.3 Å². The van der Waals surface area contributed by atoms with Crippen molar-refractivity contribution in [2.75, 3.05) is 33.4 Å². The van der Waals surface area contributed by atoms with Gasteiger partial charge in [-0.3, -0.25) is 4.99 Å². The maximum Gasteiger partial charge on any atom is 0.191 e. The van der Waals surface area contributed by atoms with E-state index in [2.05, 4.69) is 45.3 Å². The molecule has 27 heavy (non-hydrogen) atoms. The molecule has 0 spiro atoms. The van der Waals surface area contributed by atoms with Gasteiger partial charge in [0.25, 0.3) is 0 Å². The summed E-state index contributed by atoms with van der Waals surface area (Å²) < 4.78 is 5.61. The van der Waals surface area contributed by atoms with Crippen LogP contribution in [-0.2, 0) is 16.6 Å². The highest BCUT2D eigenvalue weighted by Gasteiger charge is 2.36. The quantitative estimate of drug-likeness (QED) is 0.336. The Bertz CT molecular complexity index is 718. The Morgan fingerprint density at radius 2 is 1.96 bits per heavy atom. The minimum absolute atomic E-state index is 0. The molecule has 0 aliphatic carbocycles. The minimum atomic E-state index is -0.0258. The molecule has 2 aromatic rings. The van der Waals surface area contributed by atoms with Crippen molar-refractivity contribution in [1.82, 2.24) is 10.6 Å². The number of thiophene rings is 1. The summed E-state index contributed by atoms with van der Waals surface area (Å²) >= 11 is 8.31. The molecule has 2 N–H and O–H groups in total. The number of rotatable bonds is 6. The average Bonchev–Trinajstić information content (AvgIpc) is 3.19. The maximum atomic E-state index is 6.52. The lowest BCUT2D eigenvalue weighted by Crippen LogP contribution is -2.48. The van der Waals surface area contributed by atoms with Gasteiger partial charge in [0.2, 0.25) is 0 Å². The molecule has 7 heteroatoms. The van der Waals surface area contributed by atoms with Crippen LogP contribution in [0.25, 0.3) is 0 Å². The van der Waals surface area contributed by atoms with Gasteiger partial charge in [-0.15, -0.1) is 35.3 Å². The van der Waals surface area contributed by atoms with Crippen molar-refractivity contribution in [2.24, 2.45) is 4.99 Å². The first kappa shape index (κ1) is 22.5. The van der Waals surface area contributed by atoms with E-state index in [4.69, 9.17) is 16.3 Å². The van der Waals surface area contributed by atoms with Crippen molar-refractivity contribution in [3.8, 4) is 0 Å². The summed E-state index contributed by atoms with van der Waals surface area (Å²) in [6.45, 7) is 3.18. The van der Waals surface area contributed by atoms with Gasteiger partial charge in [0.1, 0.15) is 0 Å². The van der Waals surface area contributed by atoms with Gasteiger partial charge in [0, 0.05) is 48.7 Å². The van der Waals surface area contributed by atoms with E-state index >= 15 is 0 Å². The zero-order valence-electron chi connectivity index (χ0n) is 15.5. The number of nitrogens with one attached hydrogen (secondary N) is 2. The second-order valence-electron chi connectivity index (χ2n) is 6.55. The Morgan fingerprint density at radius 3 is 2.63 bits per heavy atom. The first-order valence-corrected chi connectivity index (χ1v) is 10.3. The normalized spacial score (nSPS) is 16.4. The SMILES string of the molecule is CN=C(NCCc1cccs1)NCC1(c2ccccc2Cl)CCOCC1.I. The molecule has 1 aliphatic rings. The van der Waals surface area contributed by atoms with Crippen LogP contribution in [0.4, 0.5) is 0 Å². The monoisotopic (exact) mass is 519 g/mol. The first-order chi connectivity index (χ1) is 12.7. The highest BCUT2D eigenvalue weighted by atomic mass is 127. The van der Waals surface area contributed by atoms with Gasteiger partial charge in [-0.05, 0) is 42.3 Å². The predicted molar refractivity (Wildman–Crippen MR) is 126 cm³/mol. The maximum absolute atomic E-state index is 6.52. The number of ether oxygens (including phenoxy) is 1. The molecule has 1 fully saturated rings. The summed E-state index contributed by atoms with van der Waals surface area (Å²) in [5.74, 6) is 0.833. The lowest BCUT2D eigenvalue weighted by Gasteiger charge is -2.38. The Morgan fingerprint density at radius 1 is 1.19 bits per heavy atom. The van der Waals surface area contributed by atoms with Crippen LogP contribution in [0, 0.1) is 0 Å². The fourth-order valence-electron chi connectivity index (χ4n) is 3.43. The lowest BCUT2D eigenvalue weighted by molar-refractivity contribution is 0.0514. The van der Waals surface area contributed by atoms with Crippen molar-refractivity contribution in [3.63, 3.8) is 0 Å². The highest BCUT2D eigenvalue weighted by Crippen LogP contribution is 2.38. The number of nitrogens with zero attached hydrogens (tertiary/aromatic N) is 1. The van der Waals surface area contributed by atoms with Crippen molar-refractivity contribution < 1.29 is 4.74 Å². The van der Waals surface area contributed by atoms with Crippen LogP contribution < -0.4 is 10.6 Å². The lowest BCUT2D eigenvalue weighted by atomic mass is 9.74. The van der Waals surface area contributed by atoms with Gasteiger partial charge in [-0.2, -0.15) is 0 Å². The molecular formula is C20H27ClIN3OS. The van der Waals surface area contributed by atoms with Crippen LogP contribution in [0.15, 0.2) is 46.8 Å². The van der Waals surface area contributed by atoms with E-state index in [1.54, 1.807) is 11.3 Å². The third-order valence-electron chi connectivity index (χ3n) is 4.96. The van der Waals surface area contributed by atoms with Crippen molar-refractivity contribution in [1.29, 1.82) is 0 Å². The van der Waals surface area contributed by atoms with Crippen LogP contribution in [0.2, 0.25) is 5.02 Å². The smallest absolute Gasteiger partial charge is 0.191 e. The summed E-state index contributed by atoms with van der Waals surface area (Å²) in [6.07, 6.45) is 2.91. The van der Waals surface area contributed by atoms with E-state index in [0.29, 0.717) is 0 Å². The van der Waals surface area contributed by atoms with Crippen LogP contribution >= 0.6 is 46.9 Å². The number of hydrogen-bond donors (Lipinski definition) is 2. The molecule has 1 aliphatic heterocycles. The number of hydrogen-bond acceptors (Lipinski definition) is 3. The molecule has 1 aromatic heterocycles. The Labute approximate surface area is 187 Å². The Kier molecular flexibility index (Phi) is 9.35. The molecule has 148 valence electrons. The molecule has 0 unspecified atom stereocenters. The van der Waals surface area contributed by atoms with Crippen LogP contribution in [0.3, 0.4) is 0 Å². The number of benzene rings is 1. The van der Waals surface area contributed by atoms with E-state index in [-0.39, 0.29) is 29.4 Å². The van der Waals surface area contributed by atoms with Crippen LogP contribution in [-0.4, -0.2) is 39.3 Å². The molecular weight excluding hydrogens is 493 g/mol. The molecule has 0 bridgehead atoms. The van der Waals surface area contributed by atoms with Gasteiger partial charge < -0.3 is 15.4 Å². The average molecular weight is 520 g/mol. The topological polar surface area (TPSA) is 45.7 Å². The third kappa shape index (κ3) is 6.07. The van der Waals surface area contributed by atoms with Gasteiger partial charge in [0.05, 0.1) is 0 Å². The van der Waals surface area contributed by atoms with Gasteiger partial charge >= 0.3 is 0 Å². The summed E-state index contributed by atoms with van der Waals surface area (Å²) in [5.41, 5.74) is 1.17. The van der Waals surface area contributed by atoms with Crippen molar-refractivity contribution >= 4 is 52.9 Å². The summed E-state index contributed by atoms with van der Waals surface area (Å²) in [5, 5.41) is 9.87. The third-order valence-corrected chi connectivity index (χ3v) is 6.22. The van der Waals surface area contributed by atoms with E-state index in [0.717, 1.165) is 56.5 Å². The fraction of sp³-hybridized carbons (Fsp3) is 0.450. The minimum Gasteiger partial charge on any atom is -0.381 e. The predicted octanol–water partition coefficient (Wildman–Crippen LogP) is 4.48. The van der Waals surface area contributed by atoms with Crippen LogP contribution in [0.5, 0.6) is 0 Å². The number of guanidine groups is 1. The Balaban J connectivity index is 0.00000261. The molecule has 0 saturated carbocycles. The second-order valence-corrected chi connectivity index (χ2v) is 7.99. The van der Waals surface area contributed by atoms with Gasteiger partial charge in [-0.25, -0.2) is 0 Å². The number of halogens is 2. The number of aliphatic imine (C=N–C) groups is 1. The summed E-state index contributed by atoms with van der Waals surface area (Å²) in [4.78, 5) is 5.75. The second kappa shape index (κ2) is 11.2. The zero-order chi connectivity index (χ0) is 18.2. The highest BCUT2D eigenvalue weighted by molar-refractivity contribution is 14.0. The van der Waals surface area contributed by atoms with E-state index in [1.807, 2.05) is 19.2 Å². The van der Waals surface area contributed by atoms with E-state index < -0.39 is 0 Å². The van der Waals surface area contributed by atoms with Crippen molar-refractivity contribution in [2.45, 2.75) is 24.7 Å². The van der Waals surface area contributed by atoms with Gasteiger partial charge in [-0.1, -0.05) is 35.9 Å². The van der Waals surface area contributed by atoms with E-state index in [1.165, 1.54) is 10.4 Å². The Hall–Kier alpha value is -0.830. The standard InChI is InChI=1S/C20H26ClN3OS.HI/c1-22-19(23-11-8-16-5-4-14-26-16)24-15-20(9-12-25-13-10-20)17-6-2-3-7-18(17)21;/h2-7,14H,8-13,15H2,1H3,(H2,22,23,24);1H. The largest absolute Gasteiger partial charge is 0.381 e. The molecule has 0 amide bonds. The summed E-state index contributed by atoms with van der Waals surface area (Å²) in [7, 11) is 1.81. The zero-order valence-corrected chi connectivity index (χ0v) is 19.4. The molecule has 3 rings (SSSR count). The molecule has 0 radical (unpaired) electrons. The first-order valence-electron chi connectivity index (χ1n) is 9.03. The molecule has 2 heterocycles. The molecule has 1 saturated heterocycles. The molecule has 4 nitrogen and oxygen atoms in total. The van der Waals surface area contributed by atoms with Gasteiger partial charge in [0.15, 0.2) is 5.96 Å².